The van der Waals surface area contributed by atoms with Gasteiger partial charge in [-0.3, -0.25) is 0 Å². The van der Waals surface area contributed by atoms with E-state index in [0.29, 0.717) is 18.0 Å². The number of hydrogen-bond acceptors (Lipinski definition) is 5. The van der Waals surface area contributed by atoms with Gasteiger partial charge in [-0.05, 0) is 31.0 Å². The van der Waals surface area contributed by atoms with E-state index in [2.05, 4.69) is 5.10 Å². The number of esters is 1. The Morgan fingerprint density at radius 1 is 1.45 bits per heavy atom. The van der Waals surface area contributed by atoms with Gasteiger partial charge < -0.3 is 10.5 Å². The fourth-order valence-electron chi connectivity index (χ4n) is 1.98. The van der Waals surface area contributed by atoms with Crippen molar-refractivity contribution in [2.24, 2.45) is 0 Å². The Bertz CT molecular complexity index is 716. The van der Waals surface area contributed by atoms with E-state index in [1.54, 1.807) is 19.1 Å². The number of rotatable bonds is 5. The summed E-state index contributed by atoms with van der Waals surface area (Å²) < 4.78 is 6.32. The average Bonchev–Trinajstić information content (AvgIpc) is 2.83. The predicted octanol–water partition coefficient (Wildman–Crippen LogP) is 2.41. The number of aryl methyl sites for hydroxylation is 2. The van der Waals surface area contributed by atoms with E-state index in [9.17, 15) is 4.79 Å². The van der Waals surface area contributed by atoms with Crippen LogP contribution in [0.5, 0.6) is 0 Å². The number of carbonyl (C=O) groups excluding carboxylic acids is 1. The third-order valence-corrected chi connectivity index (χ3v) is 3.35. The molecule has 1 aromatic heterocycles. The van der Waals surface area contributed by atoms with E-state index >= 15 is 0 Å². The Labute approximate surface area is 133 Å². The summed E-state index contributed by atoms with van der Waals surface area (Å²) in [6.45, 7) is 2.34. The molecule has 0 radical (unpaired) electrons. The number of halogens is 1. The highest BCUT2D eigenvalue weighted by molar-refractivity contribution is 6.30. The van der Waals surface area contributed by atoms with Gasteiger partial charge >= 0.3 is 5.97 Å². The van der Waals surface area contributed by atoms with Gasteiger partial charge in [0, 0.05) is 11.6 Å². The van der Waals surface area contributed by atoms with E-state index in [1.807, 2.05) is 18.2 Å². The van der Waals surface area contributed by atoms with Crippen molar-refractivity contribution in [3.8, 4) is 6.07 Å². The van der Waals surface area contributed by atoms with Crippen LogP contribution in [0.3, 0.4) is 0 Å². The molecule has 0 unspecified atom stereocenters. The van der Waals surface area contributed by atoms with Crippen LogP contribution in [0.4, 0.5) is 5.82 Å². The lowest BCUT2D eigenvalue weighted by atomic mass is 10.1. The van der Waals surface area contributed by atoms with Gasteiger partial charge in [0.1, 0.15) is 17.5 Å². The number of nitrogens with two attached hydrogens (primary N) is 1. The molecule has 0 amide bonds. The van der Waals surface area contributed by atoms with Crippen LogP contribution >= 0.6 is 11.6 Å². The lowest BCUT2D eigenvalue weighted by Crippen LogP contribution is -2.09. The number of carbonyl (C=O) groups is 1. The van der Waals surface area contributed by atoms with Crippen molar-refractivity contribution < 1.29 is 9.53 Å². The number of hydrogen-bond donors (Lipinski definition) is 1. The van der Waals surface area contributed by atoms with Gasteiger partial charge in [-0.25, -0.2) is 9.48 Å². The molecule has 114 valence electrons. The van der Waals surface area contributed by atoms with Gasteiger partial charge in [-0.15, -0.1) is 0 Å². The lowest BCUT2D eigenvalue weighted by Gasteiger charge is -2.04. The minimum Gasteiger partial charge on any atom is -0.461 e. The molecule has 0 fully saturated rings. The summed E-state index contributed by atoms with van der Waals surface area (Å²) in [7, 11) is 0. The van der Waals surface area contributed by atoms with Crippen LogP contribution in [0, 0.1) is 11.3 Å². The Kier molecular flexibility index (Phi) is 5.02. The molecule has 0 aliphatic heterocycles. The fraction of sp³-hybridized carbons (Fsp3) is 0.267. The summed E-state index contributed by atoms with van der Waals surface area (Å²) in [4.78, 5) is 11.8. The van der Waals surface area contributed by atoms with Crippen LogP contribution in [-0.2, 0) is 17.7 Å². The maximum absolute atomic E-state index is 11.8. The molecular formula is C15H15ClN4O2. The highest BCUT2D eigenvalue weighted by atomic mass is 35.5. The molecule has 2 rings (SSSR count). The normalized spacial score (nSPS) is 10.2. The van der Waals surface area contributed by atoms with Crippen molar-refractivity contribution in [1.82, 2.24) is 9.78 Å². The second-order valence-corrected chi connectivity index (χ2v) is 4.98. The SMILES string of the molecule is CCOC(=O)c1nn(CCc2ccc(Cl)cc2)c(N)c1C#N. The standard InChI is InChI=1S/C15H15ClN4O2/c1-2-22-15(21)13-12(9-17)14(18)20(19-13)8-7-10-3-5-11(16)6-4-10/h3-6H,2,7-8,18H2,1H3. The Balaban J connectivity index is 2.19. The van der Waals surface area contributed by atoms with E-state index < -0.39 is 5.97 Å². The maximum atomic E-state index is 11.8. The predicted molar refractivity (Wildman–Crippen MR) is 82.5 cm³/mol. The fourth-order valence-corrected chi connectivity index (χ4v) is 2.11. The van der Waals surface area contributed by atoms with E-state index in [-0.39, 0.29) is 23.7 Å². The molecule has 7 heteroatoms. The minimum atomic E-state index is -0.643. The molecule has 0 atom stereocenters. The Morgan fingerprint density at radius 2 is 2.14 bits per heavy atom. The van der Waals surface area contributed by atoms with Crippen molar-refractivity contribution in [3.63, 3.8) is 0 Å². The van der Waals surface area contributed by atoms with Crippen LogP contribution < -0.4 is 5.73 Å². The zero-order chi connectivity index (χ0) is 16.1. The summed E-state index contributed by atoms with van der Waals surface area (Å²) >= 11 is 5.84. The van der Waals surface area contributed by atoms with Gasteiger partial charge in [-0.2, -0.15) is 10.4 Å². The summed E-state index contributed by atoms with van der Waals surface area (Å²) in [6, 6.07) is 9.31. The maximum Gasteiger partial charge on any atom is 0.360 e. The third kappa shape index (κ3) is 3.38. The Morgan fingerprint density at radius 3 is 2.73 bits per heavy atom. The lowest BCUT2D eigenvalue weighted by molar-refractivity contribution is 0.0518. The summed E-state index contributed by atoms with van der Waals surface area (Å²) in [5.74, 6) is -0.476. The Hall–Kier alpha value is -2.52. The quantitative estimate of drug-likeness (QED) is 0.854. The molecule has 0 aliphatic rings. The second kappa shape index (κ2) is 6.96. The van der Waals surface area contributed by atoms with Gasteiger partial charge in [0.2, 0.25) is 0 Å². The smallest absolute Gasteiger partial charge is 0.360 e. The molecular weight excluding hydrogens is 304 g/mol. The zero-order valence-corrected chi connectivity index (χ0v) is 12.8. The van der Waals surface area contributed by atoms with Crippen molar-refractivity contribution in [1.29, 1.82) is 5.26 Å². The first-order valence-electron chi connectivity index (χ1n) is 6.74. The van der Waals surface area contributed by atoms with Crippen LogP contribution in [0.2, 0.25) is 5.02 Å². The first-order chi connectivity index (χ1) is 10.6. The van der Waals surface area contributed by atoms with Crippen molar-refractivity contribution in [3.05, 3.63) is 46.1 Å². The number of ether oxygens (including phenoxy) is 1. The first kappa shape index (κ1) is 15.9. The largest absolute Gasteiger partial charge is 0.461 e. The van der Waals surface area contributed by atoms with Gasteiger partial charge in [-0.1, -0.05) is 23.7 Å². The zero-order valence-electron chi connectivity index (χ0n) is 12.0. The van der Waals surface area contributed by atoms with Crippen LogP contribution in [0.1, 0.15) is 28.5 Å². The molecule has 0 aliphatic carbocycles. The average molecular weight is 319 g/mol. The topological polar surface area (TPSA) is 93.9 Å². The molecule has 0 saturated heterocycles. The molecule has 1 aromatic carbocycles. The molecule has 0 bridgehead atoms. The van der Waals surface area contributed by atoms with Gasteiger partial charge in [0.25, 0.3) is 0 Å². The summed E-state index contributed by atoms with van der Waals surface area (Å²) in [5.41, 5.74) is 6.94. The highest BCUT2D eigenvalue weighted by Gasteiger charge is 2.22. The van der Waals surface area contributed by atoms with E-state index in [0.717, 1.165) is 5.56 Å². The number of nitrogens with zero attached hydrogens (tertiary/aromatic N) is 3. The number of nitriles is 1. The molecule has 2 aromatic rings. The van der Waals surface area contributed by atoms with Gasteiger partial charge in [0.05, 0.1) is 6.61 Å². The van der Waals surface area contributed by atoms with Crippen LogP contribution in [0.15, 0.2) is 24.3 Å². The van der Waals surface area contributed by atoms with Crippen molar-refractivity contribution in [2.75, 3.05) is 12.3 Å². The summed E-state index contributed by atoms with van der Waals surface area (Å²) in [6.07, 6.45) is 0.649. The van der Waals surface area contributed by atoms with Crippen LogP contribution in [0.25, 0.3) is 0 Å². The molecule has 2 N–H and O–H groups in total. The molecule has 6 nitrogen and oxygen atoms in total. The number of anilines is 1. The minimum absolute atomic E-state index is 0.0436. The van der Waals surface area contributed by atoms with E-state index in [1.165, 1.54) is 4.68 Å². The number of nitrogen functional groups attached to an aromatic ring is 1. The number of benzene rings is 1. The van der Waals surface area contributed by atoms with Crippen molar-refractivity contribution >= 4 is 23.4 Å². The number of aromatic nitrogens is 2. The first-order valence-corrected chi connectivity index (χ1v) is 7.12. The monoisotopic (exact) mass is 318 g/mol. The molecule has 1 heterocycles. The second-order valence-electron chi connectivity index (χ2n) is 4.54. The highest BCUT2D eigenvalue weighted by Crippen LogP contribution is 2.18. The third-order valence-electron chi connectivity index (χ3n) is 3.10. The summed E-state index contributed by atoms with van der Waals surface area (Å²) in [5, 5.41) is 13.9. The van der Waals surface area contributed by atoms with Gasteiger partial charge in [0.15, 0.2) is 5.69 Å². The molecule has 0 saturated carbocycles. The van der Waals surface area contributed by atoms with E-state index in [4.69, 9.17) is 27.3 Å². The van der Waals surface area contributed by atoms with Crippen LogP contribution in [-0.4, -0.2) is 22.4 Å². The van der Waals surface area contributed by atoms with Crippen molar-refractivity contribution in [2.45, 2.75) is 19.9 Å². The molecule has 0 spiro atoms. The molecule has 22 heavy (non-hydrogen) atoms.